The molecule has 2 aromatic carbocycles. The topological polar surface area (TPSA) is 38.1 Å². The monoisotopic (exact) mass is 461 g/mol. The fourth-order valence-electron chi connectivity index (χ4n) is 2.94. The molecule has 1 amide bonds. The molecule has 0 radical (unpaired) electrons. The summed E-state index contributed by atoms with van der Waals surface area (Å²) in [7, 11) is 1.33. The van der Waals surface area contributed by atoms with Crippen LogP contribution in [0.2, 0.25) is 0 Å². The predicted molar refractivity (Wildman–Crippen MR) is 108 cm³/mol. The molecule has 4 nitrogen and oxygen atoms in total. The number of hydrogen-bond donors (Lipinski definition) is 0. The Balaban J connectivity index is 2.12. The Bertz CT molecular complexity index is 1080. The third-order valence-corrected chi connectivity index (χ3v) is 4.70. The molecule has 0 saturated heterocycles. The van der Waals surface area contributed by atoms with Crippen LogP contribution in [0, 0.1) is 12.3 Å². The normalized spacial score (nSPS) is 11.2. The lowest BCUT2D eigenvalue weighted by Crippen LogP contribution is -2.33. The Labute approximate surface area is 174 Å². The highest BCUT2D eigenvalue weighted by atomic mass is 79.9. The van der Waals surface area contributed by atoms with Gasteiger partial charge in [-0.1, -0.05) is 52.2 Å². The van der Waals surface area contributed by atoms with Gasteiger partial charge in [-0.3, -0.25) is 14.4 Å². The van der Waals surface area contributed by atoms with Crippen LogP contribution in [0.15, 0.2) is 59.2 Å². The number of amides is 1. The van der Waals surface area contributed by atoms with E-state index in [9.17, 15) is 18.0 Å². The van der Waals surface area contributed by atoms with Gasteiger partial charge in [0, 0.05) is 23.3 Å². The molecule has 0 unspecified atom stereocenters. The molecule has 0 saturated carbocycles. The van der Waals surface area contributed by atoms with E-state index < -0.39 is 23.3 Å². The first-order chi connectivity index (χ1) is 13.7. The second-order valence-corrected chi connectivity index (χ2v) is 7.10. The maximum absolute atomic E-state index is 13.4. The number of para-hydroxylation sites is 1. The van der Waals surface area contributed by atoms with Crippen molar-refractivity contribution in [2.24, 2.45) is 7.05 Å². The standard InChI is InChI=1S/C21H15BrF3N3O/c1-3-12-28(20(29)17-13-27(2)26-19(17)21(23,24)25)18-7-5-4-6-16(18)14-8-10-15(22)11-9-14/h1,4-11,13H,12H2,2H3. The number of hydrogen-bond acceptors (Lipinski definition) is 2. The lowest BCUT2D eigenvalue weighted by Gasteiger charge is -2.23. The van der Waals surface area contributed by atoms with E-state index in [-0.39, 0.29) is 6.54 Å². The highest BCUT2D eigenvalue weighted by molar-refractivity contribution is 9.10. The predicted octanol–water partition coefficient (Wildman–Crippen LogP) is 5.15. The number of alkyl halides is 3. The molecular weight excluding hydrogens is 447 g/mol. The molecule has 0 aliphatic rings. The second-order valence-electron chi connectivity index (χ2n) is 6.18. The van der Waals surface area contributed by atoms with Crippen LogP contribution in [-0.2, 0) is 13.2 Å². The van der Waals surface area contributed by atoms with Crippen molar-refractivity contribution in [3.8, 4) is 23.5 Å². The van der Waals surface area contributed by atoms with Crippen molar-refractivity contribution in [2.75, 3.05) is 11.4 Å². The summed E-state index contributed by atoms with van der Waals surface area (Å²) < 4.78 is 41.9. The van der Waals surface area contributed by atoms with Crippen molar-refractivity contribution in [3.63, 3.8) is 0 Å². The molecule has 0 N–H and O–H groups in total. The molecule has 148 valence electrons. The summed E-state index contributed by atoms with van der Waals surface area (Å²) in [5, 5.41) is 3.42. The molecular formula is C21H15BrF3N3O. The first kappa shape index (κ1) is 20.7. The van der Waals surface area contributed by atoms with Crippen LogP contribution >= 0.6 is 15.9 Å². The van der Waals surface area contributed by atoms with Gasteiger partial charge in [-0.25, -0.2) is 0 Å². The van der Waals surface area contributed by atoms with Crippen molar-refractivity contribution >= 4 is 27.5 Å². The first-order valence-electron chi connectivity index (χ1n) is 8.43. The molecule has 0 aliphatic carbocycles. The molecule has 0 fully saturated rings. The van der Waals surface area contributed by atoms with E-state index in [1.807, 2.05) is 24.3 Å². The van der Waals surface area contributed by atoms with Crippen molar-refractivity contribution in [1.82, 2.24) is 9.78 Å². The largest absolute Gasteiger partial charge is 0.435 e. The smallest absolute Gasteiger partial charge is 0.296 e. The fraction of sp³-hybridized carbons (Fsp3) is 0.143. The Kier molecular flexibility index (Phi) is 5.80. The van der Waals surface area contributed by atoms with Gasteiger partial charge in [0.1, 0.15) is 0 Å². The van der Waals surface area contributed by atoms with Gasteiger partial charge in [-0.2, -0.15) is 18.3 Å². The number of anilines is 1. The van der Waals surface area contributed by atoms with Gasteiger partial charge >= 0.3 is 6.18 Å². The van der Waals surface area contributed by atoms with Crippen LogP contribution in [0.3, 0.4) is 0 Å². The zero-order chi connectivity index (χ0) is 21.2. The zero-order valence-corrected chi connectivity index (χ0v) is 16.8. The van der Waals surface area contributed by atoms with E-state index >= 15 is 0 Å². The fourth-order valence-corrected chi connectivity index (χ4v) is 3.20. The van der Waals surface area contributed by atoms with Crippen LogP contribution < -0.4 is 4.90 Å². The molecule has 8 heteroatoms. The molecule has 3 aromatic rings. The summed E-state index contributed by atoms with van der Waals surface area (Å²) in [5.41, 5.74) is 0.0747. The zero-order valence-electron chi connectivity index (χ0n) is 15.2. The number of aromatic nitrogens is 2. The average molecular weight is 462 g/mol. The Morgan fingerprint density at radius 1 is 1.21 bits per heavy atom. The summed E-state index contributed by atoms with van der Waals surface area (Å²) in [6, 6.07) is 14.3. The summed E-state index contributed by atoms with van der Waals surface area (Å²) in [4.78, 5) is 14.3. The quantitative estimate of drug-likeness (QED) is 0.504. The van der Waals surface area contributed by atoms with Crippen molar-refractivity contribution < 1.29 is 18.0 Å². The Morgan fingerprint density at radius 3 is 2.48 bits per heavy atom. The lowest BCUT2D eigenvalue weighted by atomic mass is 10.0. The number of benzene rings is 2. The number of aryl methyl sites for hydroxylation is 1. The Morgan fingerprint density at radius 2 is 1.86 bits per heavy atom. The lowest BCUT2D eigenvalue weighted by molar-refractivity contribution is -0.141. The number of rotatable bonds is 4. The van der Waals surface area contributed by atoms with Gasteiger partial charge in [-0.05, 0) is 23.8 Å². The summed E-state index contributed by atoms with van der Waals surface area (Å²) in [6.45, 7) is -0.196. The van der Waals surface area contributed by atoms with Gasteiger partial charge in [0.05, 0.1) is 17.8 Å². The van der Waals surface area contributed by atoms with Gasteiger partial charge in [-0.15, -0.1) is 6.42 Å². The van der Waals surface area contributed by atoms with Crippen LogP contribution in [0.1, 0.15) is 16.1 Å². The van der Waals surface area contributed by atoms with E-state index in [0.717, 1.165) is 25.8 Å². The number of halogens is 4. The SMILES string of the molecule is C#CCN(C(=O)c1cn(C)nc1C(F)(F)F)c1ccccc1-c1ccc(Br)cc1. The molecule has 0 aliphatic heterocycles. The van der Waals surface area contributed by atoms with E-state index in [1.165, 1.54) is 7.05 Å². The molecule has 3 rings (SSSR count). The molecule has 0 bridgehead atoms. The summed E-state index contributed by atoms with van der Waals surface area (Å²) >= 11 is 3.37. The van der Waals surface area contributed by atoms with Gasteiger partial charge < -0.3 is 0 Å². The maximum atomic E-state index is 13.4. The Hall–Kier alpha value is -3.05. The van der Waals surface area contributed by atoms with Crippen molar-refractivity contribution in [3.05, 3.63) is 70.5 Å². The van der Waals surface area contributed by atoms with E-state index in [4.69, 9.17) is 6.42 Å². The van der Waals surface area contributed by atoms with Crippen molar-refractivity contribution in [2.45, 2.75) is 6.18 Å². The maximum Gasteiger partial charge on any atom is 0.435 e. The van der Waals surface area contributed by atoms with Gasteiger partial charge in [0.2, 0.25) is 0 Å². The average Bonchev–Trinajstić information content (AvgIpc) is 3.09. The van der Waals surface area contributed by atoms with Crippen LogP contribution in [0.5, 0.6) is 0 Å². The molecule has 1 heterocycles. The summed E-state index contributed by atoms with van der Waals surface area (Å²) in [5.74, 6) is 1.49. The molecule has 0 spiro atoms. The minimum absolute atomic E-state index is 0.196. The highest BCUT2D eigenvalue weighted by Gasteiger charge is 2.40. The number of carbonyl (C=O) groups excluding carboxylic acids is 1. The first-order valence-corrected chi connectivity index (χ1v) is 9.23. The van der Waals surface area contributed by atoms with Crippen LogP contribution in [-0.4, -0.2) is 22.2 Å². The van der Waals surface area contributed by atoms with Crippen LogP contribution in [0.4, 0.5) is 18.9 Å². The number of terminal acetylenes is 1. The second kappa shape index (κ2) is 8.13. The molecule has 0 atom stereocenters. The number of carbonyl (C=O) groups is 1. The molecule has 29 heavy (non-hydrogen) atoms. The minimum atomic E-state index is -4.76. The van der Waals surface area contributed by atoms with E-state index in [1.54, 1.807) is 24.3 Å². The van der Waals surface area contributed by atoms with E-state index in [0.29, 0.717) is 11.3 Å². The molecule has 1 aromatic heterocycles. The van der Waals surface area contributed by atoms with E-state index in [2.05, 4.69) is 26.9 Å². The van der Waals surface area contributed by atoms with Crippen LogP contribution in [0.25, 0.3) is 11.1 Å². The van der Waals surface area contributed by atoms with Gasteiger partial charge in [0.15, 0.2) is 5.69 Å². The minimum Gasteiger partial charge on any atom is -0.296 e. The third kappa shape index (κ3) is 4.35. The van der Waals surface area contributed by atoms with Gasteiger partial charge in [0.25, 0.3) is 5.91 Å². The van der Waals surface area contributed by atoms with Crippen molar-refractivity contribution in [1.29, 1.82) is 0 Å². The third-order valence-electron chi connectivity index (χ3n) is 4.17. The number of nitrogens with zero attached hydrogens (tertiary/aromatic N) is 3. The highest BCUT2D eigenvalue weighted by Crippen LogP contribution is 2.35. The summed E-state index contributed by atoms with van der Waals surface area (Å²) in [6.07, 6.45) is 1.72.